The lowest BCUT2D eigenvalue weighted by Gasteiger charge is -2.06. The van der Waals surface area contributed by atoms with E-state index < -0.39 is 5.97 Å². The summed E-state index contributed by atoms with van der Waals surface area (Å²) in [5.41, 5.74) is 0.289. The average molecular weight is 323 g/mol. The molecule has 0 atom stereocenters. The van der Waals surface area contributed by atoms with E-state index in [2.05, 4.69) is 0 Å². The summed E-state index contributed by atoms with van der Waals surface area (Å²) in [6.07, 6.45) is 0. The summed E-state index contributed by atoms with van der Waals surface area (Å²) in [6.45, 7) is 0. The molecule has 2 rings (SSSR count). The summed E-state index contributed by atoms with van der Waals surface area (Å²) in [4.78, 5) is 11.0. The van der Waals surface area contributed by atoms with Crippen LogP contribution in [0.15, 0.2) is 30.3 Å². The highest BCUT2D eigenvalue weighted by atomic mass is 127. The van der Waals surface area contributed by atoms with Crippen LogP contribution in [0, 0.1) is 14.9 Å². The van der Waals surface area contributed by atoms with Crippen LogP contribution in [-0.4, -0.2) is 11.1 Å². The van der Waals surface area contributed by atoms with E-state index in [-0.39, 0.29) is 11.1 Å². The fourth-order valence-corrected chi connectivity index (χ4v) is 2.48. The Bertz CT molecular complexity index is 629. The number of nitrogens with zero attached hydrogens (tertiary/aromatic N) is 1. The van der Waals surface area contributed by atoms with Crippen LogP contribution in [0.5, 0.6) is 0 Å². The summed E-state index contributed by atoms with van der Waals surface area (Å²) >= 11 is 2.01. The van der Waals surface area contributed by atoms with Crippen LogP contribution >= 0.6 is 22.6 Å². The Morgan fingerprint density at radius 3 is 2.69 bits per heavy atom. The van der Waals surface area contributed by atoms with Gasteiger partial charge in [0.25, 0.3) is 0 Å². The molecule has 0 saturated heterocycles. The number of carbonyl (C=O) groups is 1. The maximum atomic E-state index is 11.0. The van der Waals surface area contributed by atoms with Gasteiger partial charge >= 0.3 is 5.97 Å². The highest BCUT2D eigenvalue weighted by molar-refractivity contribution is 14.1. The third-order valence-electron chi connectivity index (χ3n) is 2.33. The molecule has 3 nitrogen and oxygen atoms in total. The van der Waals surface area contributed by atoms with Gasteiger partial charge in [0.15, 0.2) is 0 Å². The lowest BCUT2D eigenvalue weighted by molar-refractivity contribution is 0.0696. The van der Waals surface area contributed by atoms with Crippen molar-refractivity contribution in [3.8, 4) is 6.07 Å². The SMILES string of the molecule is N#Cc1c(C(=O)O)cc2ccccc2c1I. The molecule has 0 bridgehead atoms. The Balaban J connectivity index is 2.94. The first-order valence-electron chi connectivity index (χ1n) is 4.50. The second kappa shape index (κ2) is 4.10. The smallest absolute Gasteiger partial charge is 0.337 e. The molecular weight excluding hydrogens is 317 g/mol. The maximum Gasteiger partial charge on any atom is 0.337 e. The number of benzene rings is 2. The van der Waals surface area contributed by atoms with E-state index in [1.807, 2.05) is 52.9 Å². The van der Waals surface area contributed by atoms with Crippen LogP contribution in [0.2, 0.25) is 0 Å². The zero-order chi connectivity index (χ0) is 11.7. The van der Waals surface area contributed by atoms with Crippen LogP contribution in [-0.2, 0) is 0 Å². The van der Waals surface area contributed by atoms with Crippen LogP contribution < -0.4 is 0 Å². The van der Waals surface area contributed by atoms with Gasteiger partial charge < -0.3 is 5.11 Å². The van der Waals surface area contributed by atoms with Gasteiger partial charge in [0.2, 0.25) is 0 Å². The molecule has 0 amide bonds. The van der Waals surface area contributed by atoms with Crippen molar-refractivity contribution < 1.29 is 9.90 Å². The monoisotopic (exact) mass is 323 g/mol. The maximum absolute atomic E-state index is 11.0. The van der Waals surface area contributed by atoms with Crippen molar-refractivity contribution in [2.24, 2.45) is 0 Å². The number of nitriles is 1. The van der Waals surface area contributed by atoms with Gasteiger partial charge in [-0.15, -0.1) is 0 Å². The lowest BCUT2D eigenvalue weighted by atomic mass is 10.0. The fraction of sp³-hybridized carbons (Fsp3) is 0. The zero-order valence-electron chi connectivity index (χ0n) is 8.07. The quantitative estimate of drug-likeness (QED) is 0.821. The molecule has 0 aliphatic heterocycles. The molecule has 4 heteroatoms. The highest BCUT2D eigenvalue weighted by Gasteiger charge is 2.15. The van der Waals surface area contributed by atoms with E-state index in [0.717, 1.165) is 10.8 Å². The fourth-order valence-electron chi connectivity index (χ4n) is 1.58. The summed E-state index contributed by atoms with van der Waals surface area (Å²) in [6, 6.07) is 10.9. The molecule has 0 aromatic heterocycles. The Kier molecular flexibility index (Phi) is 2.79. The second-order valence-electron chi connectivity index (χ2n) is 3.25. The van der Waals surface area contributed by atoms with Crippen LogP contribution in [0.3, 0.4) is 0 Å². The molecule has 78 valence electrons. The molecule has 2 aromatic rings. The minimum atomic E-state index is -1.07. The summed E-state index contributed by atoms with van der Waals surface area (Å²) in [7, 11) is 0. The van der Waals surface area contributed by atoms with Gasteiger partial charge in [-0.1, -0.05) is 24.3 Å². The van der Waals surface area contributed by atoms with Gasteiger partial charge in [0.05, 0.1) is 11.1 Å². The van der Waals surface area contributed by atoms with E-state index in [1.54, 1.807) is 6.07 Å². The van der Waals surface area contributed by atoms with E-state index in [4.69, 9.17) is 10.4 Å². The molecule has 0 fully saturated rings. The summed E-state index contributed by atoms with van der Waals surface area (Å²) in [5, 5.41) is 19.8. The predicted molar refractivity (Wildman–Crippen MR) is 68.3 cm³/mol. The predicted octanol–water partition coefficient (Wildman–Crippen LogP) is 3.01. The standard InChI is InChI=1S/C12H6INO2/c13-11-8-4-2-1-3-7(8)5-9(12(15)16)10(11)6-14/h1-5H,(H,15,16). The summed E-state index contributed by atoms with van der Waals surface area (Å²) in [5.74, 6) is -1.07. The Morgan fingerprint density at radius 1 is 1.38 bits per heavy atom. The minimum Gasteiger partial charge on any atom is -0.478 e. The number of carboxylic acids is 1. The Labute approximate surface area is 105 Å². The number of fused-ring (bicyclic) bond motifs is 1. The Hall–Kier alpha value is -1.61. The van der Waals surface area contributed by atoms with Gasteiger partial charge in [-0.25, -0.2) is 4.79 Å². The molecule has 0 radical (unpaired) electrons. The molecular formula is C12H6INO2. The van der Waals surface area contributed by atoms with E-state index in [1.165, 1.54) is 0 Å². The molecule has 16 heavy (non-hydrogen) atoms. The van der Waals surface area contributed by atoms with Gasteiger partial charge in [0, 0.05) is 3.57 Å². The molecule has 0 unspecified atom stereocenters. The molecule has 0 spiro atoms. The highest BCUT2D eigenvalue weighted by Crippen LogP contribution is 2.27. The average Bonchev–Trinajstić information content (AvgIpc) is 2.29. The number of rotatable bonds is 1. The van der Waals surface area contributed by atoms with E-state index in [0.29, 0.717) is 3.57 Å². The molecule has 0 aliphatic rings. The molecule has 0 saturated carbocycles. The van der Waals surface area contributed by atoms with Crippen LogP contribution in [0.4, 0.5) is 0 Å². The van der Waals surface area contributed by atoms with E-state index in [9.17, 15) is 4.79 Å². The molecule has 2 aromatic carbocycles. The largest absolute Gasteiger partial charge is 0.478 e. The van der Waals surface area contributed by atoms with Gasteiger partial charge in [-0.05, 0) is 39.4 Å². The first kappa shape index (κ1) is 10.9. The van der Waals surface area contributed by atoms with Crippen molar-refractivity contribution in [2.75, 3.05) is 0 Å². The van der Waals surface area contributed by atoms with Gasteiger partial charge in [-0.2, -0.15) is 5.26 Å². The minimum absolute atomic E-state index is 0.0607. The van der Waals surface area contributed by atoms with Crippen molar-refractivity contribution in [1.82, 2.24) is 0 Å². The van der Waals surface area contributed by atoms with Crippen LogP contribution in [0.25, 0.3) is 10.8 Å². The number of hydrogen-bond acceptors (Lipinski definition) is 2. The molecule has 1 N–H and O–H groups in total. The first-order valence-corrected chi connectivity index (χ1v) is 5.57. The molecule has 0 heterocycles. The third-order valence-corrected chi connectivity index (χ3v) is 3.45. The lowest BCUT2D eigenvalue weighted by Crippen LogP contribution is -2.02. The number of halogens is 1. The zero-order valence-corrected chi connectivity index (χ0v) is 10.2. The molecule has 0 aliphatic carbocycles. The van der Waals surface area contributed by atoms with Crippen molar-refractivity contribution in [3.63, 3.8) is 0 Å². The van der Waals surface area contributed by atoms with Crippen molar-refractivity contribution in [2.45, 2.75) is 0 Å². The van der Waals surface area contributed by atoms with E-state index >= 15 is 0 Å². The van der Waals surface area contributed by atoms with Crippen molar-refractivity contribution in [1.29, 1.82) is 5.26 Å². The second-order valence-corrected chi connectivity index (χ2v) is 4.33. The summed E-state index contributed by atoms with van der Waals surface area (Å²) < 4.78 is 0.690. The van der Waals surface area contributed by atoms with Crippen LogP contribution in [0.1, 0.15) is 15.9 Å². The van der Waals surface area contributed by atoms with Gasteiger partial charge in [0.1, 0.15) is 6.07 Å². The first-order chi connectivity index (χ1) is 7.65. The van der Waals surface area contributed by atoms with Crippen molar-refractivity contribution >= 4 is 39.3 Å². The number of hydrogen-bond donors (Lipinski definition) is 1. The topological polar surface area (TPSA) is 61.1 Å². The third kappa shape index (κ3) is 1.63. The number of aromatic carboxylic acids is 1. The Morgan fingerprint density at radius 2 is 2.06 bits per heavy atom. The normalized spacial score (nSPS) is 10.0. The van der Waals surface area contributed by atoms with Crippen molar-refractivity contribution in [3.05, 3.63) is 45.0 Å². The number of carboxylic acid groups (broad SMARTS) is 1. The van der Waals surface area contributed by atoms with Gasteiger partial charge in [-0.3, -0.25) is 0 Å².